The number of amides is 1. The average Bonchev–Trinajstić information content (AvgIpc) is 2.47. The molecule has 0 saturated heterocycles. The molecule has 3 N–H and O–H groups in total. The highest BCUT2D eigenvalue weighted by molar-refractivity contribution is 5.78. The maximum Gasteiger partial charge on any atom is 0.234 e. The van der Waals surface area contributed by atoms with Gasteiger partial charge in [-0.1, -0.05) is 25.1 Å². The van der Waals surface area contributed by atoms with Gasteiger partial charge in [-0.15, -0.1) is 0 Å². The number of nitrogens with two attached hydrogens (primary N) is 1. The van der Waals surface area contributed by atoms with Crippen LogP contribution in [0.15, 0.2) is 24.3 Å². The van der Waals surface area contributed by atoms with E-state index >= 15 is 0 Å². The Bertz CT molecular complexity index is 423. The minimum absolute atomic E-state index is 0.0164. The molecule has 0 saturated carbocycles. The van der Waals surface area contributed by atoms with E-state index < -0.39 is 0 Å². The van der Waals surface area contributed by atoms with Crippen LogP contribution in [0.25, 0.3) is 0 Å². The molecule has 1 aromatic rings. The molecular weight excluding hydrogens is 254 g/mol. The Balaban J connectivity index is 2.93. The van der Waals surface area contributed by atoms with Gasteiger partial charge in [-0.3, -0.25) is 9.69 Å². The number of carbonyl (C=O) groups is 1. The second kappa shape index (κ2) is 8.55. The average molecular weight is 279 g/mol. The van der Waals surface area contributed by atoms with Crippen molar-refractivity contribution in [1.82, 2.24) is 10.2 Å². The molecule has 112 valence electrons. The van der Waals surface area contributed by atoms with E-state index in [0.29, 0.717) is 19.6 Å². The van der Waals surface area contributed by atoms with Gasteiger partial charge in [-0.05, 0) is 19.5 Å². The molecule has 1 unspecified atom stereocenters. The van der Waals surface area contributed by atoms with Gasteiger partial charge in [0.15, 0.2) is 0 Å². The van der Waals surface area contributed by atoms with Crippen molar-refractivity contribution in [2.75, 3.05) is 33.3 Å². The number of methoxy groups -OCH3 is 1. The molecule has 0 aromatic heterocycles. The Morgan fingerprint density at radius 1 is 1.40 bits per heavy atom. The maximum atomic E-state index is 11.8. The van der Waals surface area contributed by atoms with Gasteiger partial charge in [0.25, 0.3) is 0 Å². The zero-order valence-electron chi connectivity index (χ0n) is 12.6. The van der Waals surface area contributed by atoms with Crippen LogP contribution in [-0.4, -0.2) is 44.1 Å². The summed E-state index contributed by atoms with van der Waals surface area (Å²) in [7, 11) is 1.65. The highest BCUT2D eigenvalue weighted by Gasteiger charge is 2.22. The molecule has 0 bridgehead atoms. The molecule has 1 amide bonds. The van der Waals surface area contributed by atoms with Crippen molar-refractivity contribution in [2.24, 2.45) is 5.73 Å². The van der Waals surface area contributed by atoms with Crippen molar-refractivity contribution in [3.8, 4) is 5.75 Å². The Hall–Kier alpha value is -1.59. The first kappa shape index (κ1) is 16.5. The van der Waals surface area contributed by atoms with E-state index in [0.717, 1.165) is 17.9 Å². The third kappa shape index (κ3) is 4.21. The zero-order valence-corrected chi connectivity index (χ0v) is 12.6. The predicted octanol–water partition coefficient (Wildman–Crippen LogP) is 1.15. The summed E-state index contributed by atoms with van der Waals surface area (Å²) in [5, 5.41) is 2.82. The summed E-state index contributed by atoms with van der Waals surface area (Å²) in [6.45, 7) is 6.10. The van der Waals surface area contributed by atoms with Crippen molar-refractivity contribution >= 4 is 5.91 Å². The minimum atomic E-state index is -0.0289. The van der Waals surface area contributed by atoms with Crippen molar-refractivity contribution in [1.29, 1.82) is 0 Å². The summed E-state index contributed by atoms with van der Waals surface area (Å²) in [6.07, 6.45) is 0. The number of hydrogen-bond donors (Lipinski definition) is 2. The first-order chi connectivity index (χ1) is 9.67. The minimum Gasteiger partial charge on any atom is -0.496 e. The van der Waals surface area contributed by atoms with Gasteiger partial charge in [0.1, 0.15) is 5.75 Å². The summed E-state index contributed by atoms with van der Waals surface area (Å²) in [5.74, 6) is 0.819. The van der Waals surface area contributed by atoms with Crippen molar-refractivity contribution in [2.45, 2.75) is 19.9 Å². The smallest absolute Gasteiger partial charge is 0.234 e. The monoisotopic (exact) mass is 279 g/mol. The first-order valence-corrected chi connectivity index (χ1v) is 7.01. The van der Waals surface area contributed by atoms with E-state index in [1.54, 1.807) is 7.11 Å². The number of carbonyl (C=O) groups excluding carboxylic acids is 1. The van der Waals surface area contributed by atoms with Gasteiger partial charge < -0.3 is 15.8 Å². The van der Waals surface area contributed by atoms with Crippen molar-refractivity contribution in [3.05, 3.63) is 29.8 Å². The molecule has 0 spiro atoms. The van der Waals surface area contributed by atoms with Gasteiger partial charge in [0.05, 0.1) is 19.7 Å². The van der Waals surface area contributed by atoms with E-state index in [9.17, 15) is 4.79 Å². The number of para-hydroxylation sites is 1. The van der Waals surface area contributed by atoms with Crippen LogP contribution >= 0.6 is 0 Å². The number of nitrogens with zero attached hydrogens (tertiary/aromatic N) is 1. The molecule has 1 aromatic carbocycles. The lowest BCUT2D eigenvalue weighted by atomic mass is 10.0. The maximum absolute atomic E-state index is 11.8. The SMILES string of the molecule is CCNC(=O)CN(CC)C(CN)c1ccccc1OC. The summed E-state index contributed by atoms with van der Waals surface area (Å²) < 4.78 is 5.39. The Kier molecular flexibility index (Phi) is 7.04. The first-order valence-electron chi connectivity index (χ1n) is 7.01. The van der Waals surface area contributed by atoms with E-state index in [1.807, 2.05) is 38.1 Å². The van der Waals surface area contributed by atoms with E-state index in [2.05, 4.69) is 10.2 Å². The fourth-order valence-electron chi connectivity index (χ4n) is 2.29. The number of ether oxygens (including phenoxy) is 1. The van der Waals surface area contributed by atoms with Crippen LogP contribution in [0, 0.1) is 0 Å². The molecular formula is C15H25N3O2. The molecule has 0 aliphatic rings. The molecule has 0 heterocycles. The lowest BCUT2D eigenvalue weighted by Gasteiger charge is -2.30. The van der Waals surface area contributed by atoms with Crippen molar-refractivity contribution < 1.29 is 9.53 Å². The van der Waals surface area contributed by atoms with Crippen LogP contribution < -0.4 is 15.8 Å². The summed E-state index contributed by atoms with van der Waals surface area (Å²) in [5.41, 5.74) is 6.94. The van der Waals surface area contributed by atoms with Gasteiger partial charge in [0.2, 0.25) is 5.91 Å². The van der Waals surface area contributed by atoms with Gasteiger partial charge in [-0.25, -0.2) is 0 Å². The largest absolute Gasteiger partial charge is 0.496 e. The number of benzene rings is 1. The van der Waals surface area contributed by atoms with Crippen LogP contribution in [-0.2, 0) is 4.79 Å². The van der Waals surface area contributed by atoms with E-state index in [1.165, 1.54) is 0 Å². The molecule has 20 heavy (non-hydrogen) atoms. The van der Waals surface area contributed by atoms with Gasteiger partial charge in [-0.2, -0.15) is 0 Å². The number of hydrogen-bond acceptors (Lipinski definition) is 4. The third-order valence-electron chi connectivity index (χ3n) is 3.29. The fraction of sp³-hybridized carbons (Fsp3) is 0.533. The Morgan fingerprint density at radius 3 is 2.65 bits per heavy atom. The van der Waals surface area contributed by atoms with Crippen LogP contribution in [0.5, 0.6) is 5.75 Å². The molecule has 5 heteroatoms. The van der Waals surface area contributed by atoms with Crippen LogP contribution in [0.1, 0.15) is 25.5 Å². The summed E-state index contributed by atoms with van der Waals surface area (Å²) >= 11 is 0. The molecule has 1 atom stereocenters. The number of nitrogens with one attached hydrogen (secondary N) is 1. The highest BCUT2D eigenvalue weighted by Crippen LogP contribution is 2.28. The molecule has 1 rings (SSSR count). The molecule has 5 nitrogen and oxygen atoms in total. The van der Waals surface area contributed by atoms with E-state index in [4.69, 9.17) is 10.5 Å². The third-order valence-corrected chi connectivity index (χ3v) is 3.29. The highest BCUT2D eigenvalue weighted by atomic mass is 16.5. The summed E-state index contributed by atoms with van der Waals surface area (Å²) in [6, 6.07) is 7.77. The Morgan fingerprint density at radius 2 is 2.10 bits per heavy atom. The fourth-order valence-corrected chi connectivity index (χ4v) is 2.29. The van der Waals surface area contributed by atoms with Crippen LogP contribution in [0.3, 0.4) is 0 Å². The normalized spacial score (nSPS) is 12.2. The van der Waals surface area contributed by atoms with Crippen molar-refractivity contribution in [3.63, 3.8) is 0 Å². The van der Waals surface area contributed by atoms with E-state index in [-0.39, 0.29) is 11.9 Å². The Labute approximate surface area is 121 Å². The second-order valence-electron chi connectivity index (χ2n) is 4.51. The molecule has 0 fully saturated rings. The summed E-state index contributed by atoms with van der Waals surface area (Å²) in [4.78, 5) is 13.9. The lowest BCUT2D eigenvalue weighted by molar-refractivity contribution is -0.122. The molecule has 0 aliphatic carbocycles. The van der Waals surface area contributed by atoms with Gasteiger partial charge >= 0.3 is 0 Å². The number of likely N-dealkylation sites (N-methyl/N-ethyl adjacent to an activating group) is 2. The molecule has 0 radical (unpaired) electrons. The second-order valence-corrected chi connectivity index (χ2v) is 4.51. The lowest BCUT2D eigenvalue weighted by Crippen LogP contribution is -2.41. The number of rotatable bonds is 8. The topological polar surface area (TPSA) is 67.6 Å². The van der Waals surface area contributed by atoms with Crippen LogP contribution in [0.4, 0.5) is 0 Å². The van der Waals surface area contributed by atoms with Crippen LogP contribution in [0.2, 0.25) is 0 Å². The zero-order chi connectivity index (χ0) is 15.0. The predicted molar refractivity (Wildman–Crippen MR) is 80.7 cm³/mol. The van der Waals surface area contributed by atoms with Gasteiger partial charge in [0, 0.05) is 18.7 Å². The quantitative estimate of drug-likeness (QED) is 0.749. The standard InChI is InChI=1S/C15H25N3O2/c1-4-17-15(19)11-18(5-2)13(10-16)12-8-6-7-9-14(12)20-3/h6-9,13H,4-5,10-11,16H2,1-3H3,(H,17,19). The molecule has 0 aliphatic heterocycles.